The number of thiazole rings is 1. The summed E-state index contributed by atoms with van der Waals surface area (Å²) in [5, 5.41) is 0. The van der Waals surface area contributed by atoms with Crippen LogP contribution in [0.25, 0.3) is 5.76 Å². The molecule has 1 aliphatic heterocycles. The Hall–Kier alpha value is -2.40. The molecule has 1 unspecified atom stereocenters. The first-order chi connectivity index (χ1) is 10.7. The highest BCUT2D eigenvalue weighted by Gasteiger charge is 2.36. The van der Waals surface area contributed by atoms with E-state index in [2.05, 4.69) is 11.6 Å². The SMILES string of the molecule is C=C(C(=O)OC)[C@H]1OC(c2ccccc2)=CC1c1cncs1. The minimum atomic E-state index is -0.469. The minimum absolute atomic E-state index is 0.0886. The van der Waals surface area contributed by atoms with Crippen molar-refractivity contribution in [2.75, 3.05) is 7.11 Å². The third-order valence-corrected chi connectivity index (χ3v) is 4.42. The van der Waals surface area contributed by atoms with Crippen LogP contribution in [0.4, 0.5) is 0 Å². The van der Waals surface area contributed by atoms with Gasteiger partial charge in [0.25, 0.3) is 0 Å². The summed E-state index contributed by atoms with van der Waals surface area (Å²) in [6, 6.07) is 9.79. The van der Waals surface area contributed by atoms with Crippen LogP contribution in [0.3, 0.4) is 0 Å². The minimum Gasteiger partial charge on any atom is -0.484 e. The van der Waals surface area contributed by atoms with E-state index < -0.39 is 12.1 Å². The molecule has 0 N–H and O–H groups in total. The second kappa shape index (κ2) is 6.15. The van der Waals surface area contributed by atoms with Gasteiger partial charge in [-0.2, -0.15) is 0 Å². The van der Waals surface area contributed by atoms with Crippen molar-refractivity contribution in [1.29, 1.82) is 0 Å². The molecular formula is C17H15NO3S. The fourth-order valence-electron chi connectivity index (χ4n) is 2.42. The molecule has 22 heavy (non-hydrogen) atoms. The molecule has 1 aliphatic rings. The topological polar surface area (TPSA) is 48.4 Å². The number of carbonyl (C=O) groups excluding carboxylic acids is 1. The van der Waals surface area contributed by atoms with Crippen LogP contribution in [-0.4, -0.2) is 24.2 Å². The predicted molar refractivity (Wildman–Crippen MR) is 85.3 cm³/mol. The van der Waals surface area contributed by atoms with Crippen molar-refractivity contribution in [3.63, 3.8) is 0 Å². The van der Waals surface area contributed by atoms with E-state index >= 15 is 0 Å². The summed E-state index contributed by atoms with van der Waals surface area (Å²) in [5.74, 6) is 0.200. The first-order valence-corrected chi connectivity index (χ1v) is 7.68. The lowest BCUT2D eigenvalue weighted by Crippen LogP contribution is -2.23. The Kier molecular flexibility index (Phi) is 4.06. The normalized spacial score (nSPS) is 20.1. The van der Waals surface area contributed by atoms with Gasteiger partial charge in [-0.3, -0.25) is 4.98 Å². The highest BCUT2D eigenvalue weighted by atomic mass is 32.1. The maximum absolute atomic E-state index is 11.8. The molecule has 0 radical (unpaired) electrons. The van der Waals surface area contributed by atoms with Crippen molar-refractivity contribution in [2.45, 2.75) is 12.0 Å². The van der Waals surface area contributed by atoms with E-state index in [0.717, 1.165) is 16.2 Å². The zero-order chi connectivity index (χ0) is 15.5. The van der Waals surface area contributed by atoms with Crippen LogP contribution in [0.5, 0.6) is 0 Å². The van der Waals surface area contributed by atoms with E-state index in [0.29, 0.717) is 5.57 Å². The number of aromatic nitrogens is 1. The maximum Gasteiger partial charge on any atom is 0.336 e. The number of nitrogens with zero attached hydrogens (tertiary/aromatic N) is 1. The number of hydrogen-bond acceptors (Lipinski definition) is 5. The molecule has 1 aromatic carbocycles. The molecule has 112 valence electrons. The Labute approximate surface area is 132 Å². The number of rotatable bonds is 4. The van der Waals surface area contributed by atoms with Crippen molar-refractivity contribution in [3.05, 3.63) is 70.7 Å². The van der Waals surface area contributed by atoms with Crippen molar-refractivity contribution >= 4 is 23.1 Å². The standard InChI is InChI=1S/C17H15NO3S/c1-11(17(19)20-2)16-13(15-9-18-10-22-15)8-14(21-16)12-6-4-3-5-7-12/h3-10,13,16H,1H2,2H3/t13?,16-/m1/s1. The van der Waals surface area contributed by atoms with Crippen LogP contribution in [-0.2, 0) is 14.3 Å². The van der Waals surface area contributed by atoms with Crippen LogP contribution in [0.1, 0.15) is 16.4 Å². The predicted octanol–water partition coefficient (Wildman–Crippen LogP) is 3.40. The number of methoxy groups -OCH3 is 1. The Morgan fingerprint density at radius 2 is 2.14 bits per heavy atom. The number of esters is 1. The van der Waals surface area contributed by atoms with Gasteiger partial charge in [0.1, 0.15) is 11.9 Å². The summed E-state index contributed by atoms with van der Waals surface area (Å²) >= 11 is 1.53. The average molecular weight is 313 g/mol. The second-order valence-electron chi connectivity index (χ2n) is 4.88. The van der Waals surface area contributed by atoms with Crippen molar-refractivity contribution in [1.82, 2.24) is 4.98 Å². The molecule has 0 spiro atoms. The van der Waals surface area contributed by atoms with E-state index in [1.165, 1.54) is 18.4 Å². The van der Waals surface area contributed by atoms with Crippen LogP contribution in [0, 0.1) is 0 Å². The number of ether oxygens (including phenoxy) is 2. The van der Waals surface area contributed by atoms with Crippen LogP contribution < -0.4 is 0 Å². The molecule has 2 aromatic rings. The molecule has 1 aromatic heterocycles. The molecule has 2 atom stereocenters. The van der Waals surface area contributed by atoms with Crippen molar-refractivity contribution < 1.29 is 14.3 Å². The van der Waals surface area contributed by atoms with Crippen molar-refractivity contribution in [3.8, 4) is 0 Å². The Balaban J connectivity index is 1.95. The van der Waals surface area contributed by atoms with Gasteiger partial charge in [-0.25, -0.2) is 4.79 Å². The van der Waals surface area contributed by atoms with E-state index in [1.807, 2.05) is 36.4 Å². The first kappa shape index (κ1) is 14.5. The number of benzene rings is 1. The van der Waals surface area contributed by atoms with Crippen LogP contribution >= 0.6 is 11.3 Å². The fourth-order valence-corrected chi connectivity index (χ4v) is 3.14. The van der Waals surface area contributed by atoms with E-state index in [-0.39, 0.29) is 5.92 Å². The molecule has 5 heteroatoms. The van der Waals surface area contributed by atoms with Gasteiger partial charge in [0.05, 0.1) is 24.1 Å². The monoisotopic (exact) mass is 313 g/mol. The van der Waals surface area contributed by atoms with Crippen LogP contribution in [0.15, 0.2) is 60.3 Å². The summed E-state index contributed by atoms with van der Waals surface area (Å²) in [5.41, 5.74) is 3.04. The Morgan fingerprint density at radius 1 is 1.36 bits per heavy atom. The molecular weight excluding hydrogens is 298 g/mol. The smallest absolute Gasteiger partial charge is 0.336 e. The molecule has 4 nitrogen and oxygen atoms in total. The number of hydrogen-bond donors (Lipinski definition) is 0. The van der Waals surface area contributed by atoms with Gasteiger partial charge in [-0.1, -0.05) is 36.9 Å². The van der Waals surface area contributed by atoms with E-state index in [1.54, 1.807) is 11.7 Å². The lowest BCUT2D eigenvalue weighted by atomic mass is 9.96. The fraction of sp³-hybridized carbons (Fsp3) is 0.176. The summed E-state index contributed by atoms with van der Waals surface area (Å²) < 4.78 is 10.8. The summed E-state index contributed by atoms with van der Waals surface area (Å²) in [4.78, 5) is 17.0. The highest BCUT2D eigenvalue weighted by molar-refractivity contribution is 7.09. The maximum atomic E-state index is 11.8. The molecule has 0 amide bonds. The van der Waals surface area contributed by atoms with Gasteiger partial charge >= 0.3 is 5.97 Å². The molecule has 0 saturated heterocycles. The van der Waals surface area contributed by atoms with E-state index in [4.69, 9.17) is 9.47 Å². The third-order valence-electron chi connectivity index (χ3n) is 3.54. The molecule has 0 aliphatic carbocycles. The lowest BCUT2D eigenvalue weighted by Gasteiger charge is -2.19. The Bertz CT molecular complexity index is 707. The first-order valence-electron chi connectivity index (χ1n) is 6.80. The quantitative estimate of drug-likeness (QED) is 0.641. The van der Waals surface area contributed by atoms with Gasteiger partial charge in [-0.15, -0.1) is 11.3 Å². The number of carbonyl (C=O) groups is 1. The summed E-state index contributed by atoms with van der Waals surface area (Å²) in [6.45, 7) is 3.85. The van der Waals surface area contributed by atoms with Gasteiger partial charge in [-0.05, 0) is 6.08 Å². The molecule has 0 bridgehead atoms. The zero-order valence-electron chi connectivity index (χ0n) is 12.1. The molecule has 3 rings (SSSR count). The zero-order valence-corrected chi connectivity index (χ0v) is 12.9. The summed E-state index contributed by atoms with van der Waals surface area (Å²) in [6.07, 6.45) is 3.34. The second-order valence-corrected chi connectivity index (χ2v) is 5.80. The van der Waals surface area contributed by atoms with E-state index in [9.17, 15) is 4.79 Å². The van der Waals surface area contributed by atoms with Crippen molar-refractivity contribution in [2.24, 2.45) is 0 Å². The third kappa shape index (κ3) is 2.67. The molecule has 0 saturated carbocycles. The largest absolute Gasteiger partial charge is 0.484 e. The Morgan fingerprint density at radius 3 is 2.77 bits per heavy atom. The molecule has 2 heterocycles. The van der Waals surface area contributed by atoms with Gasteiger partial charge in [0, 0.05) is 16.6 Å². The highest BCUT2D eigenvalue weighted by Crippen LogP contribution is 2.40. The van der Waals surface area contributed by atoms with Crippen LogP contribution in [0.2, 0.25) is 0 Å². The molecule has 0 fully saturated rings. The summed E-state index contributed by atoms with van der Waals surface area (Å²) in [7, 11) is 1.34. The lowest BCUT2D eigenvalue weighted by molar-refractivity contribution is -0.137. The average Bonchev–Trinajstić information content (AvgIpc) is 3.23. The van der Waals surface area contributed by atoms with Gasteiger partial charge in [0.2, 0.25) is 0 Å². The van der Waals surface area contributed by atoms with Gasteiger partial charge < -0.3 is 9.47 Å². The van der Waals surface area contributed by atoms with Gasteiger partial charge in [0.15, 0.2) is 0 Å².